The quantitative estimate of drug-likeness (QED) is 0.763. The highest BCUT2D eigenvalue weighted by atomic mass is 16.5. The van der Waals surface area contributed by atoms with Crippen LogP contribution in [0.1, 0.15) is 29.2 Å². The Labute approximate surface area is 168 Å². The number of methoxy groups -OCH3 is 1. The number of nitrogens with one attached hydrogen (secondary N) is 1. The molecule has 7 nitrogen and oxygen atoms in total. The second-order valence-corrected chi connectivity index (χ2v) is 7.17. The predicted molar refractivity (Wildman–Crippen MR) is 105 cm³/mol. The van der Waals surface area contributed by atoms with Gasteiger partial charge in [0, 0.05) is 6.42 Å². The van der Waals surface area contributed by atoms with Crippen molar-refractivity contribution in [2.45, 2.75) is 25.8 Å². The number of carbonyl (C=O) groups is 3. The maximum Gasteiger partial charge on any atom is 0.325 e. The molecular weight excluding hydrogens is 370 g/mol. The molecule has 2 aromatic rings. The fourth-order valence-electron chi connectivity index (χ4n) is 3.36. The fraction of sp³-hybridized carbons (Fsp3) is 0.273. The highest BCUT2D eigenvalue weighted by Crippen LogP contribution is 2.30. The molecule has 29 heavy (non-hydrogen) atoms. The van der Waals surface area contributed by atoms with Crippen LogP contribution < -0.4 is 10.1 Å². The minimum atomic E-state index is -1.28. The normalized spacial score (nSPS) is 18.3. The lowest BCUT2D eigenvalue weighted by Crippen LogP contribution is -2.41. The van der Waals surface area contributed by atoms with Gasteiger partial charge in [0.25, 0.3) is 5.91 Å². The highest BCUT2D eigenvalue weighted by Gasteiger charge is 2.49. The van der Waals surface area contributed by atoms with Crippen molar-refractivity contribution in [2.24, 2.45) is 0 Å². The number of nitriles is 1. The first-order chi connectivity index (χ1) is 13.8. The van der Waals surface area contributed by atoms with Crippen molar-refractivity contribution >= 4 is 17.7 Å². The van der Waals surface area contributed by atoms with Crippen LogP contribution in [0.15, 0.2) is 42.5 Å². The first-order valence-corrected chi connectivity index (χ1v) is 9.08. The van der Waals surface area contributed by atoms with Crippen molar-refractivity contribution in [1.82, 2.24) is 10.2 Å². The van der Waals surface area contributed by atoms with E-state index in [4.69, 9.17) is 4.74 Å². The summed E-state index contributed by atoms with van der Waals surface area (Å²) in [6.45, 7) is 3.10. The zero-order valence-electron chi connectivity index (χ0n) is 16.5. The Hall–Kier alpha value is -3.66. The first kappa shape index (κ1) is 20.1. The minimum Gasteiger partial charge on any atom is -0.497 e. The fourth-order valence-corrected chi connectivity index (χ4v) is 3.36. The number of carbonyl (C=O) groups excluding carboxylic acids is 3. The molecule has 1 aliphatic rings. The number of aryl methyl sites for hydroxylation is 1. The molecular formula is C22H21N3O4. The van der Waals surface area contributed by atoms with Gasteiger partial charge in [0.2, 0.25) is 0 Å². The van der Waals surface area contributed by atoms with E-state index in [0.717, 1.165) is 10.5 Å². The number of urea groups is 1. The van der Waals surface area contributed by atoms with E-state index in [1.807, 2.05) is 13.0 Å². The van der Waals surface area contributed by atoms with Gasteiger partial charge < -0.3 is 10.1 Å². The molecule has 1 atom stereocenters. The number of Topliss-reactive ketones (excluding diaryl/α,β-unsaturated/α-hetero) is 1. The maximum absolute atomic E-state index is 13.0. The Balaban J connectivity index is 1.78. The van der Waals surface area contributed by atoms with Crippen LogP contribution in [0.2, 0.25) is 0 Å². The average molecular weight is 391 g/mol. The average Bonchev–Trinajstić information content (AvgIpc) is 2.93. The lowest BCUT2D eigenvalue weighted by Gasteiger charge is -2.22. The van der Waals surface area contributed by atoms with Crippen LogP contribution in [-0.4, -0.2) is 36.3 Å². The zero-order chi connectivity index (χ0) is 21.2. The SMILES string of the molecule is COc1cccc(C2(C)NC(=O)N(CC(=O)Cc3ccc(C)cc3C#N)C2=O)c1. The van der Waals surface area contributed by atoms with Crippen LogP contribution in [0.5, 0.6) is 5.75 Å². The van der Waals surface area contributed by atoms with Crippen molar-refractivity contribution < 1.29 is 19.1 Å². The van der Waals surface area contributed by atoms with E-state index in [2.05, 4.69) is 11.4 Å². The van der Waals surface area contributed by atoms with Crippen molar-refractivity contribution in [3.8, 4) is 11.8 Å². The minimum absolute atomic E-state index is 0.0316. The number of hydrogen-bond acceptors (Lipinski definition) is 5. The van der Waals surface area contributed by atoms with E-state index < -0.39 is 17.5 Å². The summed E-state index contributed by atoms with van der Waals surface area (Å²) in [5.74, 6) is -0.277. The third-order valence-corrected chi connectivity index (χ3v) is 5.03. The molecule has 1 saturated heterocycles. The van der Waals surface area contributed by atoms with E-state index in [9.17, 15) is 19.6 Å². The summed E-state index contributed by atoms with van der Waals surface area (Å²) in [6, 6.07) is 13.6. The largest absolute Gasteiger partial charge is 0.497 e. The second kappa shape index (κ2) is 7.76. The van der Waals surface area contributed by atoms with Crippen molar-refractivity contribution in [1.29, 1.82) is 5.26 Å². The molecule has 0 radical (unpaired) electrons. The van der Waals surface area contributed by atoms with E-state index in [0.29, 0.717) is 22.4 Å². The standard InChI is InChI=1S/C22H21N3O4/c1-14-7-8-15(16(9-14)12-23)10-18(26)13-25-20(27)22(2,24-21(25)28)17-5-4-6-19(11-17)29-3/h4-9,11H,10,13H2,1-3H3,(H,24,28). The molecule has 148 valence electrons. The second-order valence-electron chi connectivity index (χ2n) is 7.17. The molecule has 0 aliphatic carbocycles. The van der Waals surface area contributed by atoms with Crippen LogP contribution in [0.4, 0.5) is 4.79 Å². The first-order valence-electron chi connectivity index (χ1n) is 9.08. The summed E-state index contributed by atoms with van der Waals surface area (Å²) in [5, 5.41) is 11.9. The van der Waals surface area contributed by atoms with Gasteiger partial charge in [-0.05, 0) is 48.7 Å². The third-order valence-electron chi connectivity index (χ3n) is 5.03. The predicted octanol–water partition coefficient (Wildman–Crippen LogP) is 2.45. The van der Waals surface area contributed by atoms with E-state index in [-0.39, 0.29) is 18.7 Å². The third kappa shape index (κ3) is 3.83. The number of amides is 3. The topological polar surface area (TPSA) is 99.5 Å². The molecule has 2 aromatic carbocycles. The molecule has 0 bridgehead atoms. The van der Waals surface area contributed by atoms with Gasteiger partial charge in [0.1, 0.15) is 11.3 Å². The van der Waals surface area contributed by atoms with Crippen LogP contribution >= 0.6 is 0 Å². The van der Waals surface area contributed by atoms with Gasteiger partial charge >= 0.3 is 6.03 Å². The van der Waals surface area contributed by atoms with Gasteiger partial charge in [-0.2, -0.15) is 5.26 Å². The highest BCUT2D eigenvalue weighted by molar-refractivity contribution is 6.09. The number of hydrogen-bond donors (Lipinski definition) is 1. The van der Waals surface area contributed by atoms with Crippen molar-refractivity contribution in [3.63, 3.8) is 0 Å². The Kier molecular flexibility index (Phi) is 5.37. The lowest BCUT2D eigenvalue weighted by molar-refractivity contribution is -0.134. The summed E-state index contributed by atoms with van der Waals surface area (Å²) < 4.78 is 5.19. The Morgan fingerprint density at radius 1 is 1.24 bits per heavy atom. The number of imide groups is 1. The van der Waals surface area contributed by atoms with Gasteiger partial charge in [-0.1, -0.05) is 24.3 Å². The van der Waals surface area contributed by atoms with Crippen molar-refractivity contribution in [3.05, 3.63) is 64.7 Å². The van der Waals surface area contributed by atoms with Gasteiger partial charge in [0.05, 0.1) is 25.3 Å². The lowest BCUT2D eigenvalue weighted by atomic mass is 9.92. The monoisotopic (exact) mass is 391 g/mol. The van der Waals surface area contributed by atoms with Gasteiger partial charge in [0.15, 0.2) is 5.78 Å². The molecule has 3 rings (SSSR count). The molecule has 7 heteroatoms. The Morgan fingerprint density at radius 3 is 2.69 bits per heavy atom. The van der Waals surface area contributed by atoms with Crippen molar-refractivity contribution in [2.75, 3.05) is 13.7 Å². The molecule has 0 saturated carbocycles. The molecule has 1 aliphatic heterocycles. The number of ether oxygens (including phenoxy) is 1. The Bertz CT molecular complexity index is 1040. The summed E-state index contributed by atoms with van der Waals surface area (Å²) in [6.07, 6.45) is -0.0316. The van der Waals surface area contributed by atoms with Gasteiger partial charge in [-0.15, -0.1) is 0 Å². The number of ketones is 1. The summed E-state index contributed by atoms with van der Waals surface area (Å²) >= 11 is 0. The van der Waals surface area contributed by atoms with E-state index in [1.54, 1.807) is 43.3 Å². The van der Waals surface area contributed by atoms with E-state index in [1.165, 1.54) is 7.11 Å². The maximum atomic E-state index is 13.0. The molecule has 1 N–H and O–H groups in total. The molecule has 0 aromatic heterocycles. The summed E-state index contributed by atoms with van der Waals surface area (Å²) in [5.41, 5.74) is 1.19. The molecule has 1 unspecified atom stereocenters. The summed E-state index contributed by atoms with van der Waals surface area (Å²) in [4.78, 5) is 38.9. The zero-order valence-corrected chi connectivity index (χ0v) is 16.5. The van der Waals surface area contributed by atoms with E-state index >= 15 is 0 Å². The smallest absolute Gasteiger partial charge is 0.325 e. The molecule has 1 fully saturated rings. The van der Waals surface area contributed by atoms with Crippen LogP contribution in [0.25, 0.3) is 0 Å². The molecule has 1 heterocycles. The van der Waals surface area contributed by atoms with Gasteiger partial charge in [-0.3, -0.25) is 14.5 Å². The van der Waals surface area contributed by atoms with Crippen LogP contribution in [0, 0.1) is 18.3 Å². The molecule has 3 amide bonds. The van der Waals surface area contributed by atoms with Gasteiger partial charge in [-0.25, -0.2) is 4.79 Å². The number of benzene rings is 2. The van der Waals surface area contributed by atoms with Crippen LogP contribution in [0.3, 0.4) is 0 Å². The Morgan fingerprint density at radius 2 is 2.00 bits per heavy atom. The molecule has 0 spiro atoms. The number of rotatable bonds is 6. The summed E-state index contributed by atoms with van der Waals surface area (Å²) in [7, 11) is 1.52. The van der Waals surface area contributed by atoms with Crippen LogP contribution in [-0.2, 0) is 21.5 Å². The number of nitrogens with zero attached hydrogens (tertiary/aromatic N) is 2.